The maximum absolute atomic E-state index is 13.6. The lowest BCUT2D eigenvalue weighted by Crippen LogP contribution is -2.73. The van der Waals surface area contributed by atoms with Crippen molar-refractivity contribution in [3.63, 3.8) is 0 Å². The Balaban J connectivity index is 1.78. The van der Waals surface area contributed by atoms with E-state index in [4.69, 9.17) is 14.2 Å². The predicted octanol–water partition coefficient (Wildman–Crippen LogP) is 0.945. The molecule has 2 bridgehead atoms. The van der Waals surface area contributed by atoms with Crippen molar-refractivity contribution in [2.45, 2.75) is 58.3 Å². The van der Waals surface area contributed by atoms with Crippen molar-refractivity contribution >= 4 is 23.7 Å². The standard InChI is InChI=1S/C22H26O8/c1-9-11-7-12(24)14-21-8-28-18(26)15(21)20(3,4)6-5-13(21)30-19(27)22(14,16(9)25)17(11)29-10(2)23/h11-15,17,24H,1,5-8H2,2-4H3/t11-,12+,13-,14-,15+,17+,21-,22-/m0/s1. The molecule has 2 aliphatic heterocycles. The van der Waals surface area contributed by atoms with E-state index in [9.17, 15) is 24.3 Å². The number of ether oxygens (including phenoxy) is 3. The van der Waals surface area contributed by atoms with Gasteiger partial charge in [-0.15, -0.1) is 0 Å². The van der Waals surface area contributed by atoms with E-state index in [-0.39, 0.29) is 18.6 Å². The first-order valence-electron chi connectivity index (χ1n) is 10.5. The summed E-state index contributed by atoms with van der Waals surface area (Å²) in [7, 11) is 0. The first-order chi connectivity index (χ1) is 14.0. The SMILES string of the molecule is C=C1C(=O)[C@@]23C(=O)O[C@H]4CCC(C)(C)[C@H]5C(=O)OC[C@@]45[C@@H]2[C@H](O)C[C@@H]1[C@H]3OC(C)=O. The minimum atomic E-state index is -1.90. The van der Waals surface area contributed by atoms with Gasteiger partial charge in [-0.3, -0.25) is 19.2 Å². The summed E-state index contributed by atoms with van der Waals surface area (Å²) >= 11 is 0. The van der Waals surface area contributed by atoms with Gasteiger partial charge in [-0.25, -0.2) is 0 Å². The Morgan fingerprint density at radius 2 is 1.97 bits per heavy atom. The molecule has 5 rings (SSSR count). The third kappa shape index (κ3) is 1.96. The Labute approximate surface area is 173 Å². The molecule has 0 amide bonds. The van der Waals surface area contributed by atoms with Crippen molar-refractivity contribution in [1.82, 2.24) is 0 Å². The maximum Gasteiger partial charge on any atom is 0.324 e. The Morgan fingerprint density at radius 3 is 2.63 bits per heavy atom. The molecule has 2 heterocycles. The Kier molecular flexibility index (Phi) is 3.76. The zero-order valence-electron chi connectivity index (χ0n) is 17.3. The zero-order chi connectivity index (χ0) is 21.8. The second-order valence-corrected chi connectivity index (χ2v) is 10.2. The number of hydrogen-bond acceptors (Lipinski definition) is 8. The molecule has 0 aromatic heterocycles. The number of hydrogen-bond donors (Lipinski definition) is 1. The number of aliphatic hydroxyl groups is 1. The normalized spacial score (nSPS) is 48.3. The fourth-order valence-electron chi connectivity index (χ4n) is 7.51. The number of rotatable bonds is 1. The van der Waals surface area contributed by atoms with Crippen LogP contribution in [0.4, 0.5) is 0 Å². The van der Waals surface area contributed by atoms with E-state index in [0.717, 1.165) is 0 Å². The molecule has 2 saturated heterocycles. The average Bonchev–Trinajstić information content (AvgIpc) is 3.06. The number of fused-ring (bicyclic) bond motifs is 1. The number of aliphatic hydroxyl groups excluding tert-OH is 1. The fourth-order valence-corrected chi connectivity index (χ4v) is 7.51. The molecule has 0 radical (unpaired) electrons. The summed E-state index contributed by atoms with van der Waals surface area (Å²) in [5.41, 5.74) is -3.27. The molecule has 5 fully saturated rings. The highest BCUT2D eigenvalue weighted by Gasteiger charge is 2.83. The van der Waals surface area contributed by atoms with Crippen molar-refractivity contribution < 1.29 is 38.5 Å². The summed E-state index contributed by atoms with van der Waals surface area (Å²) in [5.74, 6) is -4.65. The second-order valence-electron chi connectivity index (χ2n) is 10.2. The lowest BCUT2D eigenvalue weighted by Gasteiger charge is -2.62. The summed E-state index contributed by atoms with van der Waals surface area (Å²) in [6.07, 6.45) is -1.56. The van der Waals surface area contributed by atoms with Crippen LogP contribution in [0.1, 0.15) is 40.0 Å². The Morgan fingerprint density at radius 1 is 1.27 bits per heavy atom. The molecule has 8 heteroatoms. The number of Topliss-reactive ketones (excluding diaryl/α,β-unsaturated/α-hetero) is 1. The van der Waals surface area contributed by atoms with E-state index in [1.807, 2.05) is 13.8 Å². The van der Waals surface area contributed by atoms with Crippen LogP contribution in [-0.2, 0) is 33.4 Å². The molecule has 3 aliphatic carbocycles. The zero-order valence-corrected chi connectivity index (χ0v) is 17.3. The number of ketones is 1. The van der Waals surface area contributed by atoms with Gasteiger partial charge in [0, 0.05) is 18.8 Å². The summed E-state index contributed by atoms with van der Waals surface area (Å²) < 4.78 is 16.9. The van der Waals surface area contributed by atoms with E-state index >= 15 is 0 Å². The van der Waals surface area contributed by atoms with Gasteiger partial charge in [0.2, 0.25) is 0 Å². The largest absolute Gasteiger partial charge is 0.465 e. The van der Waals surface area contributed by atoms with Crippen molar-refractivity contribution in [2.24, 2.45) is 34.0 Å². The van der Waals surface area contributed by atoms with Crippen LogP contribution in [0.2, 0.25) is 0 Å². The van der Waals surface area contributed by atoms with Crippen LogP contribution < -0.4 is 0 Å². The lowest BCUT2D eigenvalue weighted by molar-refractivity contribution is -0.263. The molecule has 30 heavy (non-hydrogen) atoms. The van der Waals surface area contributed by atoms with Crippen molar-refractivity contribution in [3.8, 4) is 0 Å². The van der Waals surface area contributed by atoms with Crippen LogP contribution in [0.3, 0.4) is 0 Å². The second kappa shape index (κ2) is 5.72. The van der Waals surface area contributed by atoms with E-state index in [2.05, 4.69) is 6.58 Å². The lowest BCUT2D eigenvalue weighted by atomic mass is 9.43. The monoisotopic (exact) mass is 418 g/mol. The molecular formula is C22H26O8. The van der Waals surface area contributed by atoms with E-state index in [0.29, 0.717) is 12.8 Å². The van der Waals surface area contributed by atoms with Crippen LogP contribution in [0.25, 0.3) is 0 Å². The number of cyclic esters (lactones) is 1. The summed E-state index contributed by atoms with van der Waals surface area (Å²) in [6.45, 7) is 8.96. The Bertz CT molecular complexity index is 905. The smallest absolute Gasteiger partial charge is 0.324 e. The van der Waals surface area contributed by atoms with Gasteiger partial charge >= 0.3 is 17.9 Å². The third-order valence-electron chi connectivity index (χ3n) is 8.43. The highest BCUT2D eigenvalue weighted by atomic mass is 16.6. The van der Waals surface area contributed by atoms with E-state index in [1.54, 1.807) is 0 Å². The quantitative estimate of drug-likeness (QED) is 0.290. The van der Waals surface area contributed by atoms with Gasteiger partial charge in [0.25, 0.3) is 0 Å². The first-order valence-corrected chi connectivity index (χ1v) is 10.5. The van der Waals surface area contributed by atoms with Gasteiger partial charge in [0.1, 0.15) is 18.8 Å². The number of carbonyl (C=O) groups is 4. The highest BCUT2D eigenvalue weighted by Crippen LogP contribution is 2.70. The van der Waals surface area contributed by atoms with Gasteiger partial charge in [0.05, 0.1) is 17.4 Å². The summed E-state index contributed by atoms with van der Waals surface area (Å²) in [4.78, 5) is 51.9. The molecule has 1 N–H and O–H groups in total. The minimum absolute atomic E-state index is 0.0431. The van der Waals surface area contributed by atoms with Gasteiger partial charge in [-0.05, 0) is 30.3 Å². The molecule has 2 spiro atoms. The molecule has 8 atom stereocenters. The fraction of sp³-hybridized carbons (Fsp3) is 0.727. The van der Waals surface area contributed by atoms with Gasteiger partial charge in [0.15, 0.2) is 11.2 Å². The van der Waals surface area contributed by atoms with Gasteiger partial charge < -0.3 is 19.3 Å². The maximum atomic E-state index is 13.6. The molecule has 5 aliphatic rings. The van der Waals surface area contributed by atoms with Crippen LogP contribution in [0.5, 0.6) is 0 Å². The molecule has 0 unspecified atom stereocenters. The predicted molar refractivity (Wildman–Crippen MR) is 99.5 cm³/mol. The topological polar surface area (TPSA) is 116 Å². The number of carbonyl (C=O) groups excluding carboxylic acids is 4. The van der Waals surface area contributed by atoms with E-state index in [1.165, 1.54) is 6.92 Å². The van der Waals surface area contributed by atoms with Crippen LogP contribution in [0, 0.1) is 34.0 Å². The van der Waals surface area contributed by atoms with E-state index < -0.39 is 76.0 Å². The van der Waals surface area contributed by atoms with Crippen LogP contribution in [-0.4, -0.2) is 53.7 Å². The van der Waals surface area contributed by atoms with Crippen molar-refractivity contribution in [2.75, 3.05) is 6.61 Å². The van der Waals surface area contributed by atoms with Crippen molar-refractivity contribution in [1.29, 1.82) is 0 Å². The van der Waals surface area contributed by atoms with Crippen LogP contribution >= 0.6 is 0 Å². The van der Waals surface area contributed by atoms with Gasteiger partial charge in [-0.2, -0.15) is 0 Å². The molecule has 162 valence electrons. The Hall–Kier alpha value is -2.22. The summed E-state index contributed by atoms with van der Waals surface area (Å²) in [6, 6.07) is 0. The molecule has 8 nitrogen and oxygen atoms in total. The minimum Gasteiger partial charge on any atom is -0.465 e. The third-order valence-corrected chi connectivity index (χ3v) is 8.43. The number of esters is 3. The summed E-state index contributed by atoms with van der Waals surface area (Å²) in [5, 5.41) is 11.3. The van der Waals surface area contributed by atoms with Crippen LogP contribution in [0.15, 0.2) is 12.2 Å². The highest BCUT2D eigenvalue weighted by molar-refractivity contribution is 6.16. The molecular weight excluding hydrogens is 392 g/mol. The molecule has 0 aromatic carbocycles. The average molecular weight is 418 g/mol. The molecule has 0 aromatic rings. The van der Waals surface area contributed by atoms with Crippen molar-refractivity contribution in [3.05, 3.63) is 12.2 Å². The van der Waals surface area contributed by atoms with Gasteiger partial charge in [-0.1, -0.05) is 20.4 Å². The first kappa shape index (κ1) is 19.7. The molecule has 3 saturated carbocycles.